The molecule has 168 valence electrons. The molecule has 0 spiro atoms. The minimum Gasteiger partial charge on any atom is -0.463 e. The third kappa shape index (κ3) is 3.60. The molecule has 4 aliphatic rings. The Kier molecular flexibility index (Phi) is 5.78. The standard InChI is InChI=1S/C25H38O5/c1-15(26)29-14-23(28)22-8-7-20-19-6-5-17-13-18(30-16(2)27)9-11-24(17,3)21(19)10-12-25(20,22)4/h17-22H,5-14H2,1-4H3/t17-,18-,19+,20-,21+,22+,24+,25-/m1/s1. The molecule has 4 rings (SSSR count). The van der Waals surface area contributed by atoms with E-state index in [1.54, 1.807) is 0 Å². The lowest BCUT2D eigenvalue weighted by Gasteiger charge is -2.61. The van der Waals surface area contributed by atoms with Crippen LogP contribution in [-0.4, -0.2) is 30.4 Å². The van der Waals surface area contributed by atoms with E-state index < -0.39 is 0 Å². The van der Waals surface area contributed by atoms with Crippen molar-refractivity contribution in [2.24, 2.45) is 40.4 Å². The van der Waals surface area contributed by atoms with Crippen LogP contribution in [0.2, 0.25) is 0 Å². The van der Waals surface area contributed by atoms with Gasteiger partial charge in [0.2, 0.25) is 0 Å². The second kappa shape index (κ2) is 7.94. The van der Waals surface area contributed by atoms with Crippen LogP contribution >= 0.6 is 0 Å². The zero-order valence-corrected chi connectivity index (χ0v) is 19.1. The maximum atomic E-state index is 12.9. The highest BCUT2D eigenvalue weighted by Gasteiger charge is 2.61. The summed E-state index contributed by atoms with van der Waals surface area (Å²) in [5.41, 5.74) is 0.386. The number of fused-ring (bicyclic) bond motifs is 5. The van der Waals surface area contributed by atoms with Crippen LogP contribution in [0, 0.1) is 40.4 Å². The molecule has 4 aliphatic carbocycles. The second-order valence-corrected chi connectivity index (χ2v) is 11.1. The number of rotatable bonds is 4. The number of hydrogen-bond acceptors (Lipinski definition) is 5. The SMILES string of the molecule is CC(=O)OCC(=O)[C@@H]1CC[C@@H]2[C@@H]3CC[C@@H]4C[C@H](OC(C)=O)CC[C@]4(C)[C@H]3CC[C@]21C. The number of hydrogen-bond donors (Lipinski definition) is 0. The largest absolute Gasteiger partial charge is 0.463 e. The predicted molar refractivity (Wildman–Crippen MR) is 112 cm³/mol. The minimum atomic E-state index is -0.373. The molecule has 4 fully saturated rings. The lowest BCUT2D eigenvalue weighted by atomic mass is 9.44. The van der Waals surface area contributed by atoms with Crippen LogP contribution in [0.1, 0.15) is 85.5 Å². The molecule has 0 radical (unpaired) electrons. The molecule has 0 N–H and O–H groups in total. The van der Waals surface area contributed by atoms with Gasteiger partial charge in [-0.3, -0.25) is 14.4 Å². The number of Topliss-reactive ketones (excluding diaryl/α,β-unsaturated/α-hetero) is 1. The van der Waals surface area contributed by atoms with Gasteiger partial charge in [-0.2, -0.15) is 0 Å². The van der Waals surface area contributed by atoms with Gasteiger partial charge in [0, 0.05) is 19.8 Å². The van der Waals surface area contributed by atoms with Gasteiger partial charge in [0.1, 0.15) is 12.7 Å². The van der Waals surface area contributed by atoms with E-state index >= 15 is 0 Å². The van der Waals surface area contributed by atoms with Gasteiger partial charge in [-0.25, -0.2) is 0 Å². The lowest BCUT2D eigenvalue weighted by Crippen LogP contribution is -2.54. The first kappa shape index (κ1) is 21.8. The van der Waals surface area contributed by atoms with Gasteiger partial charge >= 0.3 is 11.9 Å². The molecular formula is C25H38O5. The fourth-order valence-electron chi connectivity index (χ4n) is 8.36. The van der Waals surface area contributed by atoms with E-state index in [-0.39, 0.29) is 41.8 Å². The van der Waals surface area contributed by atoms with E-state index in [0.717, 1.165) is 44.4 Å². The van der Waals surface area contributed by atoms with Crippen molar-refractivity contribution in [2.45, 2.75) is 91.6 Å². The summed E-state index contributed by atoms with van der Waals surface area (Å²) in [7, 11) is 0. The number of carbonyl (C=O) groups excluding carboxylic acids is 3. The highest BCUT2D eigenvalue weighted by molar-refractivity contribution is 5.85. The Morgan fingerprint density at radius 2 is 1.53 bits per heavy atom. The molecule has 0 aromatic heterocycles. The summed E-state index contributed by atoms with van der Waals surface area (Å²) in [6, 6.07) is 0. The molecule has 0 amide bonds. The van der Waals surface area contributed by atoms with E-state index in [0.29, 0.717) is 23.2 Å². The normalized spacial score (nSPS) is 44.9. The summed E-state index contributed by atoms with van der Waals surface area (Å²) in [6.45, 7) is 7.66. The summed E-state index contributed by atoms with van der Waals surface area (Å²) in [5.74, 6) is 2.29. The van der Waals surface area contributed by atoms with Crippen LogP contribution < -0.4 is 0 Å². The third-order valence-corrected chi connectivity index (χ3v) is 9.76. The van der Waals surface area contributed by atoms with Crippen molar-refractivity contribution in [3.63, 3.8) is 0 Å². The van der Waals surface area contributed by atoms with Crippen molar-refractivity contribution in [2.75, 3.05) is 6.61 Å². The van der Waals surface area contributed by atoms with Crippen molar-refractivity contribution in [1.82, 2.24) is 0 Å². The van der Waals surface area contributed by atoms with Crippen LogP contribution in [0.3, 0.4) is 0 Å². The van der Waals surface area contributed by atoms with E-state index in [1.807, 2.05) is 0 Å². The van der Waals surface area contributed by atoms with Crippen LogP contribution in [0.25, 0.3) is 0 Å². The minimum absolute atomic E-state index is 0.0352. The lowest BCUT2D eigenvalue weighted by molar-refractivity contribution is -0.161. The average molecular weight is 419 g/mol. The Morgan fingerprint density at radius 1 is 0.833 bits per heavy atom. The van der Waals surface area contributed by atoms with Gasteiger partial charge in [-0.15, -0.1) is 0 Å². The molecular weight excluding hydrogens is 380 g/mol. The van der Waals surface area contributed by atoms with Gasteiger partial charge in [0.25, 0.3) is 0 Å². The smallest absolute Gasteiger partial charge is 0.303 e. The Balaban J connectivity index is 1.48. The highest BCUT2D eigenvalue weighted by Crippen LogP contribution is 2.67. The van der Waals surface area contributed by atoms with Gasteiger partial charge in [-0.05, 0) is 92.3 Å². The highest BCUT2D eigenvalue weighted by atomic mass is 16.5. The molecule has 0 aromatic carbocycles. The average Bonchev–Trinajstić information content (AvgIpc) is 3.03. The second-order valence-electron chi connectivity index (χ2n) is 11.1. The maximum absolute atomic E-state index is 12.9. The summed E-state index contributed by atoms with van der Waals surface area (Å²) >= 11 is 0. The van der Waals surface area contributed by atoms with Gasteiger partial charge in [-0.1, -0.05) is 13.8 Å². The Bertz CT molecular complexity index is 716. The van der Waals surface area contributed by atoms with E-state index in [9.17, 15) is 14.4 Å². The van der Waals surface area contributed by atoms with Gasteiger partial charge < -0.3 is 9.47 Å². The van der Waals surface area contributed by atoms with E-state index in [4.69, 9.17) is 9.47 Å². The quantitative estimate of drug-likeness (QED) is 0.619. The van der Waals surface area contributed by atoms with Gasteiger partial charge in [0.05, 0.1) is 0 Å². The van der Waals surface area contributed by atoms with Crippen LogP contribution in [-0.2, 0) is 23.9 Å². The van der Waals surface area contributed by atoms with Crippen molar-refractivity contribution < 1.29 is 23.9 Å². The molecule has 4 saturated carbocycles. The summed E-state index contributed by atoms with van der Waals surface area (Å²) < 4.78 is 10.6. The number of ketones is 1. The Hall–Kier alpha value is -1.39. The molecule has 8 atom stereocenters. The number of ether oxygens (including phenoxy) is 2. The monoisotopic (exact) mass is 418 g/mol. The topological polar surface area (TPSA) is 69.7 Å². The van der Waals surface area contributed by atoms with Crippen LogP contribution in [0.4, 0.5) is 0 Å². The van der Waals surface area contributed by atoms with Crippen molar-refractivity contribution in [1.29, 1.82) is 0 Å². The molecule has 0 aromatic rings. The van der Waals surface area contributed by atoms with Crippen molar-refractivity contribution >= 4 is 17.7 Å². The zero-order chi connectivity index (χ0) is 21.7. The fraction of sp³-hybridized carbons (Fsp3) is 0.880. The fourth-order valence-corrected chi connectivity index (χ4v) is 8.36. The van der Waals surface area contributed by atoms with Gasteiger partial charge in [0.15, 0.2) is 5.78 Å². The summed E-state index contributed by atoms with van der Waals surface area (Å²) in [6.07, 6.45) is 10.1. The maximum Gasteiger partial charge on any atom is 0.303 e. The third-order valence-electron chi connectivity index (χ3n) is 9.76. The number of esters is 2. The molecule has 30 heavy (non-hydrogen) atoms. The van der Waals surface area contributed by atoms with Crippen LogP contribution in [0.5, 0.6) is 0 Å². The van der Waals surface area contributed by atoms with E-state index in [1.165, 1.54) is 33.1 Å². The Labute approximate surface area is 180 Å². The first-order chi connectivity index (χ1) is 14.1. The molecule has 0 saturated heterocycles. The van der Waals surface area contributed by atoms with E-state index in [2.05, 4.69) is 13.8 Å². The molecule has 5 nitrogen and oxygen atoms in total. The first-order valence-corrected chi connectivity index (χ1v) is 12.0. The molecule has 5 heteroatoms. The van der Waals surface area contributed by atoms with Crippen LogP contribution in [0.15, 0.2) is 0 Å². The molecule has 0 aliphatic heterocycles. The van der Waals surface area contributed by atoms with Crippen molar-refractivity contribution in [3.05, 3.63) is 0 Å². The molecule has 0 heterocycles. The molecule has 0 bridgehead atoms. The zero-order valence-electron chi connectivity index (χ0n) is 19.1. The predicted octanol–water partition coefficient (Wildman–Crippen LogP) is 4.71. The number of carbonyl (C=O) groups is 3. The summed E-state index contributed by atoms with van der Waals surface area (Å²) in [4.78, 5) is 35.5. The Morgan fingerprint density at radius 3 is 2.23 bits per heavy atom. The van der Waals surface area contributed by atoms with Crippen molar-refractivity contribution in [3.8, 4) is 0 Å². The molecule has 0 unspecified atom stereocenters. The summed E-state index contributed by atoms with van der Waals surface area (Å²) in [5, 5.41) is 0. The first-order valence-electron chi connectivity index (χ1n) is 12.0.